The Hall–Kier alpha value is -3.31. The Bertz CT molecular complexity index is 1370. The van der Waals surface area contributed by atoms with E-state index in [9.17, 15) is 13.6 Å². The molecule has 0 bridgehead atoms. The molecule has 8 nitrogen and oxygen atoms in total. The molecule has 2 aliphatic rings. The van der Waals surface area contributed by atoms with Gasteiger partial charge in [-0.15, -0.1) is 0 Å². The van der Waals surface area contributed by atoms with Crippen molar-refractivity contribution in [1.82, 2.24) is 25.5 Å². The van der Waals surface area contributed by atoms with Crippen molar-refractivity contribution < 1.29 is 18.0 Å². The Kier molecular flexibility index (Phi) is 4.08. The number of aromatic nitrogens is 4. The largest absolute Gasteiger partial charge is 0.454 e. The highest BCUT2D eigenvalue weighted by atomic mass is 32.2. The van der Waals surface area contributed by atoms with E-state index in [1.165, 1.54) is 6.07 Å². The van der Waals surface area contributed by atoms with Crippen LogP contribution in [0.4, 0.5) is 14.6 Å². The number of furan rings is 1. The molecule has 0 radical (unpaired) electrons. The fourth-order valence-corrected chi connectivity index (χ4v) is 4.94. The molecule has 2 atom stereocenters. The van der Waals surface area contributed by atoms with Crippen molar-refractivity contribution in [2.75, 3.05) is 13.1 Å². The minimum absolute atomic E-state index is 0.0437. The summed E-state index contributed by atoms with van der Waals surface area (Å²) in [4.78, 5) is 24.3. The van der Waals surface area contributed by atoms with Crippen molar-refractivity contribution in [1.29, 1.82) is 0 Å². The van der Waals surface area contributed by atoms with Gasteiger partial charge in [0.25, 0.3) is 0 Å². The van der Waals surface area contributed by atoms with Crippen LogP contribution in [0.5, 0.6) is 0 Å². The zero-order chi connectivity index (χ0) is 21.1. The SMILES string of the molecule is O=C1CNCC2=Nc3[nH]ncc3C(c3ccc(Sc4nc5c(F)cc(F)cc5[nH]4)o3)C12. The molecule has 0 saturated carbocycles. The Labute approximate surface area is 177 Å². The quantitative estimate of drug-likeness (QED) is 0.451. The van der Waals surface area contributed by atoms with Gasteiger partial charge in [-0.2, -0.15) is 5.10 Å². The monoisotopic (exact) mass is 440 g/mol. The minimum atomic E-state index is -0.732. The number of Topliss-reactive ketones (excluding diaryl/α,β-unsaturated/α-hetero) is 1. The molecule has 11 heteroatoms. The van der Waals surface area contributed by atoms with Crippen molar-refractivity contribution in [3.63, 3.8) is 0 Å². The number of hydrogen-bond donors (Lipinski definition) is 3. The van der Waals surface area contributed by atoms with Gasteiger partial charge in [-0.3, -0.25) is 9.89 Å². The lowest BCUT2D eigenvalue weighted by molar-refractivity contribution is -0.121. The lowest BCUT2D eigenvalue weighted by Crippen LogP contribution is -2.48. The zero-order valence-corrected chi connectivity index (χ0v) is 16.6. The highest BCUT2D eigenvalue weighted by Crippen LogP contribution is 2.44. The van der Waals surface area contributed by atoms with Gasteiger partial charge in [0.2, 0.25) is 0 Å². The first kappa shape index (κ1) is 18.5. The average Bonchev–Trinajstić information content (AvgIpc) is 3.46. The van der Waals surface area contributed by atoms with Gasteiger partial charge in [-0.1, -0.05) is 0 Å². The van der Waals surface area contributed by atoms with E-state index in [2.05, 4.69) is 30.5 Å². The van der Waals surface area contributed by atoms with E-state index in [4.69, 9.17) is 4.42 Å². The van der Waals surface area contributed by atoms with Gasteiger partial charge in [0.1, 0.15) is 17.1 Å². The number of hydrogen-bond acceptors (Lipinski definition) is 7. The molecule has 3 N–H and O–H groups in total. The number of fused-ring (bicyclic) bond motifs is 3. The number of imidazole rings is 1. The van der Waals surface area contributed by atoms with Crippen LogP contribution < -0.4 is 5.32 Å². The van der Waals surface area contributed by atoms with Gasteiger partial charge in [0.15, 0.2) is 27.7 Å². The van der Waals surface area contributed by atoms with Gasteiger partial charge >= 0.3 is 0 Å². The number of H-pyrrole nitrogens is 2. The molecule has 1 fully saturated rings. The number of nitrogens with one attached hydrogen (secondary N) is 3. The second-order valence-corrected chi connectivity index (χ2v) is 8.38. The summed E-state index contributed by atoms with van der Waals surface area (Å²) in [5.74, 6) is -0.903. The number of benzene rings is 1. The summed E-state index contributed by atoms with van der Waals surface area (Å²) in [7, 11) is 0. The third-order valence-electron chi connectivity index (χ3n) is 5.47. The first-order valence-electron chi connectivity index (χ1n) is 9.53. The molecule has 2 aliphatic heterocycles. The first-order valence-corrected chi connectivity index (χ1v) is 10.3. The maximum Gasteiger partial charge on any atom is 0.174 e. The number of halogens is 2. The summed E-state index contributed by atoms with van der Waals surface area (Å²) in [6, 6.07) is 5.56. The summed E-state index contributed by atoms with van der Waals surface area (Å²) in [6.07, 6.45) is 1.67. The molecule has 2 unspecified atom stereocenters. The summed E-state index contributed by atoms with van der Waals surface area (Å²) in [5, 5.41) is 10.9. The number of aliphatic imine (C=N–C) groups is 1. The lowest BCUT2D eigenvalue weighted by atomic mass is 9.76. The summed E-state index contributed by atoms with van der Waals surface area (Å²) >= 11 is 1.15. The summed E-state index contributed by atoms with van der Waals surface area (Å²) < 4.78 is 33.4. The highest BCUT2D eigenvalue weighted by Gasteiger charge is 2.43. The van der Waals surface area contributed by atoms with Crippen molar-refractivity contribution in [3.8, 4) is 0 Å². The minimum Gasteiger partial charge on any atom is -0.454 e. The third kappa shape index (κ3) is 3.00. The topological polar surface area (TPSA) is 112 Å². The van der Waals surface area contributed by atoms with Crippen LogP contribution in [0.2, 0.25) is 0 Å². The molecule has 156 valence electrons. The van der Waals surface area contributed by atoms with Crippen LogP contribution in [0.1, 0.15) is 17.2 Å². The average molecular weight is 440 g/mol. The number of rotatable bonds is 3. The Morgan fingerprint density at radius 2 is 2.06 bits per heavy atom. The molecular weight excluding hydrogens is 426 g/mol. The number of aromatic amines is 2. The zero-order valence-electron chi connectivity index (χ0n) is 15.8. The van der Waals surface area contributed by atoms with E-state index in [-0.39, 0.29) is 29.3 Å². The van der Waals surface area contributed by atoms with Gasteiger partial charge in [-0.05, 0) is 30.0 Å². The second-order valence-electron chi connectivity index (χ2n) is 7.39. The van der Waals surface area contributed by atoms with E-state index in [1.54, 1.807) is 12.3 Å². The number of carbonyl (C=O) groups is 1. The number of nitrogens with zero attached hydrogens (tertiary/aromatic N) is 3. The Morgan fingerprint density at radius 1 is 1.16 bits per heavy atom. The predicted octanol–water partition coefficient (Wildman–Crippen LogP) is 3.31. The Balaban J connectivity index is 1.35. The maximum absolute atomic E-state index is 13.9. The molecule has 0 aliphatic carbocycles. The van der Waals surface area contributed by atoms with Crippen molar-refractivity contribution >= 4 is 40.1 Å². The summed E-state index contributed by atoms with van der Waals surface area (Å²) in [6.45, 7) is 0.797. The van der Waals surface area contributed by atoms with Crippen LogP contribution in [-0.4, -0.2) is 44.7 Å². The van der Waals surface area contributed by atoms with Gasteiger partial charge in [0.05, 0.1) is 30.1 Å². The van der Waals surface area contributed by atoms with Crippen molar-refractivity contribution in [3.05, 3.63) is 53.4 Å². The standard InChI is InChI=1S/C20H14F2N6O2S/c21-8-3-10(22)18-11(4-8)26-20(27-18)31-15-2-1-14(30-15)16-9-5-24-28-19(9)25-12-6-23-7-13(29)17(12)16/h1-5,16-17,23H,6-7H2,(H,24,28)(H,26,27). The van der Waals surface area contributed by atoms with E-state index in [1.807, 2.05) is 6.07 Å². The third-order valence-corrected chi connectivity index (χ3v) is 6.28. The van der Waals surface area contributed by atoms with E-state index in [0.717, 1.165) is 29.1 Å². The first-order chi connectivity index (χ1) is 15.1. The van der Waals surface area contributed by atoms with E-state index < -0.39 is 17.6 Å². The lowest BCUT2D eigenvalue weighted by Gasteiger charge is -2.32. The van der Waals surface area contributed by atoms with Gasteiger partial charge in [-0.25, -0.2) is 18.8 Å². The molecule has 5 heterocycles. The predicted molar refractivity (Wildman–Crippen MR) is 108 cm³/mol. The van der Waals surface area contributed by atoms with Gasteiger partial charge in [0, 0.05) is 23.9 Å². The normalized spacial score (nSPS) is 20.6. The molecule has 1 saturated heterocycles. The molecule has 31 heavy (non-hydrogen) atoms. The van der Waals surface area contributed by atoms with Crippen LogP contribution in [-0.2, 0) is 4.79 Å². The van der Waals surface area contributed by atoms with Crippen molar-refractivity contribution in [2.45, 2.75) is 16.2 Å². The second kappa shape index (κ2) is 6.86. The van der Waals surface area contributed by atoms with Crippen LogP contribution in [0.25, 0.3) is 11.0 Å². The van der Waals surface area contributed by atoms with Gasteiger partial charge < -0.3 is 14.7 Å². The maximum atomic E-state index is 13.9. The molecule has 3 aromatic heterocycles. The molecule has 4 aromatic rings. The van der Waals surface area contributed by atoms with Crippen LogP contribution >= 0.6 is 11.8 Å². The van der Waals surface area contributed by atoms with Crippen molar-refractivity contribution in [2.24, 2.45) is 10.9 Å². The van der Waals surface area contributed by atoms with E-state index >= 15 is 0 Å². The number of ketones is 1. The fourth-order valence-electron chi connectivity index (χ4n) is 4.17. The smallest absolute Gasteiger partial charge is 0.174 e. The molecular formula is C20H14F2N6O2S. The van der Waals surface area contributed by atoms with E-state index in [0.29, 0.717) is 28.4 Å². The summed E-state index contributed by atoms with van der Waals surface area (Å²) in [5.41, 5.74) is 1.88. The Morgan fingerprint density at radius 3 is 2.97 bits per heavy atom. The van der Waals surface area contributed by atoms with Crippen LogP contribution in [0.15, 0.2) is 50.1 Å². The molecule has 6 rings (SSSR count). The number of piperidine rings is 1. The molecule has 0 spiro atoms. The number of carbonyl (C=O) groups excluding carboxylic acids is 1. The molecule has 1 aromatic carbocycles. The van der Waals surface area contributed by atoms with Crippen LogP contribution in [0.3, 0.4) is 0 Å². The van der Waals surface area contributed by atoms with Crippen LogP contribution in [0, 0.1) is 17.6 Å². The highest BCUT2D eigenvalue weighted by molar-refractivity contribution is 7.99. The fraction of sp³-hybridized carbons (Fsp3) is 0.200. The molecule has 0 amide bonds.